The van der Waals surface area contributed by atoms with Gasteiger partial charge in [-0.3, -0.25) is 4.31 Å². The molecule has 3 atom stereocenters. The third-order valence-corrected chi connectivity index (χ3v) is 6.96. The van der Waals surface area contributed by atoms with Crippen LogP contribution in [0.3, 0.4) is 0 Å². The van der Waals surface area contributed by atoms with Gasteiger partial charge in [0.1, 0.15) is 5.60 Å². The first-order valence-electron chi connectivity index (χ1n) is 7.39. The van der Waals surface area contributed by atoms with E-state index >= 15 is 0 Å². The SMILES string of the molecule is CC=S1C(C)C2(CCN(C(=O)OC(C)(C)C)C2)CN1C. The third-order valence-electron chi connectivity index (χ3n) is 4.40. The summed E-state index contributed by atoms with van der Waals surface area (Å²) >= 11 is 0. The van der Waals surface area contributed by atoms with Crippen LogP contribution in [0.25, 0.3) is 0 Å². The highest BCUT2D eigenvalue weighted by Crippen LogP contribution is 2.50. The number of ether oxygens (including phenoxy) is 1. The second-order valence-electron chi connectivity index (χ2n) is 7.03. The summed E-state index contributed by atoms with van der Waals surface area (Å²) in [7, 11) is 2.43. The van der Waals surface area contributed by atoms with Crippen molar-refractivity contribution in [3.63, 3.8) is 0 Å². The Kier molecular flexibility index (Phi) is 4.22. The average Bonchev–Trinajstić information content (AvgIpc) is 2.81. The Bertz CT molecular complexity index is 430. The molecule has 2 aliphatic rings. The van der Waals surface area contributed by atoms with Crippen LogP contribution >= 0.6 is 10.7 Å². The van der Waals surface area contributed by atoms with Crippen molar-refractivity contribution >= 4 is 22.1 Å². The lowest BCUT2D eigenvalue weighted by Gasteiger charge is -2.29. The number of amides is 1. The number of hydrogen-bond acceptors (Lipinski definition) is 3. The Morgan fingerprint density at radius 1 is 1.40 bits per heavy atom. The molecule has 2 aliphatic heterocycles. The lowest BCUT2D eigenvalue weighted by Crippen LogP contribution is -2.39. The van der Waals surface area contributed by atoms with Gasteiger partial charge >= 0.3 is 6.09 Å². The summed E-state index contributed by atoms with van der Waals surface area (Å²) in [5.41, 5.74) is -0.159. The Hall–Kier alpha value is -0.550. The van der Waals surface area contributed by atoms with Crippen molar-refractivity contribution in [2.24, 2.45) is 5.41 Å². The van der Waals surface area contributed by atoms with Crippen molar-refractivity contribution in [2.75, 3.05) is 26.7 Å². The van der Waals surface area contributed by atoms with Crippen LogP contribution in [-0.4, -0.2) is 58.2 Å². The number of rotatable bonds is 0. The highest BCUT2D eigenvalue weighted by molar-refractivity contribution is 8.13. The van der Waals surface area contributed by atoms with E-state index in [9.17, 15) is 4.79 Å². The van der Waals surface area contributed by atoms with Gasteiger partial charge in [-0.05, 0) is 46.5 Å². The van der Waals surface area contributed by atoms with Gasteiger partial charge in [0.15, 0.2) is 0 Å². The van der Waals surface area contributed by atoms with E-state index in [1.165, 1.54) is 0 Å². The van der Waals surface area contributed by atoms with E-state index in [0.29, 0.717) is 5.25 Å². The topological polar surface area (TPSA) is 32.8 Å². The van der Waals surface area contributed by atoms with Crippen molar-refractivity contribution in [1.29, 1.82) is 0 Å². The van der Waals surface area contributed by atoms with Crippen molar-refractivity contribution in [1.82, 2.24) is 9.21 Å². The second-order valence-corrected chi connectivity index (χ2v) is 9.52. The molecule has 3 unspecified atom stereocenters. The van der Waals surface area contributed by atoms with E-state index in [1.54, 1.807) is 0 Å². The number of carbonyl (C=O) groups is 1. The Labute approximate surface area is 125 Å². The lowest BCUT2D eigenvalue weighted by atomic mass is 9.84. The summed E-state index contributed by atoms with van der Waals surface area (Å²) < 4.78 is 7.96. The van der Waals surface area contributed by atoms with E-state index in [4.69, 9.17) is 4.74 Å². The van der Waals surface area contributed by atoms with Gasteiger partial charge in [0, 0.05) is 30.3 Å². The quantitative estimate of drug-likeness (QED) is 0.645. The number of carbonyl (C=O) groups excluding carboxylic acids is 1. The smallest absolute Gasteiger partial charge is 0.410 e. The largest absolute Gasteiger partial charge is 0.444 e. The first-order chi connectivity index (χ1) is 9.18. The molecule has 2 fully saturated rings. The van der Waals surface area contributed by atoms with Gasteiger partial charge in [-0.2, -0.15) is 0 Å². The van der Waals surface area contributed by atoms with Crippen LogP contribution in [0.4, 0.5) is 4.79 Å². The van der Waals surface area contributed by atoms with Crippen LogP contribution in [0, 0.1) is 5.41 Å². The molecule has 1 amide bonds. The zero-order valence-corrected chi connectivity index (χ0v) is 14.4. The van der Waals surface area contributed by atoms with E-state index in [0.717, 1.165) is 26.1 Å². The Balaban J connectivity index is 2.08. The summed E-state index contributed by atoms with van der Waals surface area (Å²) in [5.74, 6) is 0. The molecule has 0 aliphatic carbocycles. The van der Waals surface area contributed by atoms with Crippen molar-refractivity contribution < 1.29 is 9.53 Å². The highest BCUT2D eigenvalue weighted by Gasteiger charge is 2.50. The monoisotopic (exact) mass is 300 g/mol. The van der Waals surface area contributed by atoms with Crippen LogP contribution in [0.1, 0.15) is 41.0 Å². The highest BCUT2D eigenvalue weighted by atomic mass is 32.2. The van der Waals surface area contributed by atoms with Crippen LogP contribution in [0.5, 0.6) is 0 Å². The minimum absolute atomic E-state index is 0.156. The summed E-state index contributed by atoms with van der Waals surface area (Å²) in [6.07, 6.45) is 0.936. The summed E-state index contributed by atoms with van der Waals surface area (Å²) in [5, 5.41) is 2.93. The van der Waals surface area contributed by atoms with Crippen LogP contribution in [0.15, 0.2) is 0 Å². The molecule has 2 heterocycles. The fourth-order valence-corrected chi connectivity index (χ4v) is 5.89. The third kappa shape index (κ3) is 2.89. The van der Waals surface area contributed by atoms with Gasteiger partial charge in [0.2, 0.25) is 0 Å². The molecule has 0 aromatic heterocycles. The predicted molar refractivity (Wildman–Crippen MR) is 86.3 cm³/mol. The number of likely N-dealkylation sites (tertiary alicyclic amines) is 1. The molecule has 0 N–H and O–H groups in total. The number of nitrogens with zero attached hydrogens (tertiary/aromatic N) is 2. The number of hydrogen-bond donors (Lipinski definition) is 0. The summed E-state index contributed by atoms with van der Waals surface area (Å²) in [6.45, 7) is 13.0. The minimum Gasteiger partial charge on any atom is -0.444 e. The molecule has 116 valence electrons. The molecule has 0 radical (unpaired) electrons. The Morgan fingerprint density at radius 3 is 2.55 bits per heavy atom. The molecule has 0 aromatic rings. The van der Waals surface area contributed by atoms with Gasteiger partial charge in [0.25, 0.3) is 0 Å². The standard InChI is InChI=1S/C15H28N2O2S/c1-7-20-12(2)15(10-16(20)6)8-9-17(11-15)13(18)19-14(3,4)5/h7,12H,8-11H2,1-6H3. The molecule has 1 spiro atoms. The summed E-state index contributed by atoms with van der Waals surface area (Å²) in [6, 6.07) is 0. The van der Waals surface area contributed by atoms with E-state index < -0.39 is 5.60 Å². The maximum Gasteiger partial charge on any atom is 0.410 e. The van der Waals surface area contributed by atoms with Gasteiger partial charge < -0.3 is 9.64 Å². The fraction of sp³-hybridized carbons (Fsp3) is 0.867. The van der Waals surface area contributed by atoms with Crippen LogP contribution < -0.4 is 0 Å². The molecule has 5 heteroatoms. The molecule has 4 nitrogen and oxygen atoms in total. The molecular weight excluding hydrogens is 272 g/mol. The predicted octanol–water partition coefficient (Wildman–Crippen LogP) is 2.95. The first-order valence-corrected chi connectivity index (χ1v) is 8.70. The van der Waals surface area contributed by atoms with Crippen LogP contribution in [-0.2, 0) is 4.74 Å². The molecule has 0 bridgehead atoms. The Morgan fingerprint density at radius 2 is 2.05 bits per heavy atom. The second kappa shape index (κ2) is 5.34. The molecule has 0 aromatic carbocycles. The fourth-order valence-electron chi connectivity index (χ4n) is 3.40. The first kappa shape index (κ1) is 15.8. The van der Waals surface area contributed by atoms with E-state index in [1.807, 2.05) is 25.7 Å². The lowest BCUT2D eigenvalue weighted by molar-refractivity contribution is 0.0273. The van der Waals surface area contributed by atoms with Gasteiger partial charge in [-0.15, -0.1) is 10.7 Å². The van der Waals surface area contributed by atoms with Gasteiger partial charge in [-0.25, -0.2) is 4.79 Å². The zero-order valence-electron chi connectivity index (χ0n) is 13.6. The molecule has 20 heavy (non-hydrogen) atoms. The average molecular weight is 300 g/mol. The van der Waals surface area contributed by atoms with Crippen molar-refractivity contribution in [3.05, 3.63) is 0 Å². The zero-order chi connectivity index (χ0) is 15.1. The molecular formula is C15H28N2O2S. The van der Waals surface area contributed by atoms with Crippen molar-refractivity contribution in [3.8, 4) is 0 Å². The molecule has 2 rings (SSSR count). The molecule has 0 saturated carbocycles. The molecule has 2 saturated heterocycles. The maximum absolute atomic E-state index is 12.2. The summed E-state index contributed by atoms with van der Waals surface area (Å²) in [4.78, 5) is 14.1. The van der Waals surface area contributed by atoms with E-state index in [2.05, 4.69) is 30.6 Å². The van der Waals surface area contributed by atoms with Gasteiger partial charge in [-0.1, -0.05) is 6.92 Å². The maximum atomic E-state index is 12.2. The normalized spacial score (nSPS) is 35.2. The van der Waals surface area contributed by atoms with Crippen LogP contribution in [0.2, 0.25) is 0 Å². The van der Waals surface area contributed by atoms with Crippen molar-refractivity contribution in [2.45, 2.75) is 51.9 Å². The minimum atomic E-state index is -0.410. The van der Waals surface area contributed by atoms with E-state index in [-0.39, 0.29) is 22.2 Å². The van der Waals surface area contributed by atoms with Gasteiger partial charge in [0.05, 0.1) is 0 Å².